The molecular formula is C28H27N3O3S2. The van der Waals surface area contributed by atoms with Gasteiger partial charge in [0.05, 0.1) is 12.3 Å². The van der Waals surface area contributed by atoms with E-state index in [-0.39, 0.29) is 19.1 Å². The first-order valence-electron chi connectivity index (χ1n) is 12.4. The molecule has 6 nitrogen and oxygen atoms in total. The predicted molar refractivity (Wildman–Crippen MR) is 145 cm³/mol. The molecule has 0 bridgehead atoms. The number of nitrogens with zero attached hydrogens (tertiary/aromatic N) is 2. The molecule has 1 aliphatic heterocycles. The molecule has 184 valence electrons. The van der Waals surface area contributed by atoms with Gasteiger partial charge < -0.3 is 14.8 Å². The van der Waals surface area contributed by atoms with Gasteiger partial charge in [-0.2, -0.15) is 0 Å². The Kier molecular flexibility index (Phi) is 6.79. The molecule has 2 aromatic heterocycles. The van der Waals surface area contributed by atoms with Crippen LogP contribution in [0.1, 0.15) is 34.7 Å². The lowest BCUT2D eigenvalue weighted by Crippen LogP contribution is -2.16. The van der Waals surface area contributed by atoms with E-state index in [0.29, 0.717) is 11.5 Å². The summed E-state index contributed by atoms with van der Waals surface area (Å²) in [4.78, 5) is 25.3. The van der Waals surface area contributed by atoms with Gasteiger partial charge in [0, 0.05) is 28.4 Å². The van der Waals surface area contributed by atoms with Crippen molar-refractivity contribution in [1.82, 2.24) is 9.97 Å². The summed E-state index contributed by atoms with van der Waals surface area (Å²) in [5, 5.41) is 5.35. The van der Waals surface area contributed by atoms with Gasteiger partial charge >= 0.3 is 0 Å². The largest absolute Gasteiger partial charge is 0.454 e. The van der Waals surface area contributed by atoms with Crippen LogP contribution in [-0.4, -0.2) is 34.8 Å². The Balaban J connectivity index is 1.17. The number of carbonyl (C=O) groups is 1. The zero-order valence-electron chi connectivity index (χ0n) is 19.9. The zero-order chi connectivity index (χ0) is 24.3. The second-order valence-corrected chi connectivity index (χ2v) is 11.1. The molecule has 0 spiro atoms. The minimum absolute atomic E-state index is 0.124. The van der Waals surface area contributed by atoms with Crippen LogP contribution in [0.3, 0.4) is 0 Å². The number of thioether (sulfide) groups is 1. The number of aromatic nitrogens is 2. The number of hydrogen-bond donors (Lipinski definition) is 1. The van der Waals surface area contributed by atoms with Gasteiger partial charge in [0.25, 0.3) is 0 Å². The third kappa shape index (κ3) is 5.06. The lowest BCUT2D eigenvalue weighted by Gasteiger charge is -2.12. The molecule has 0 atom stereocenters. The third-order valence-electron chi connectivity index (χ3n) is 6.54. The number of ether oxygens (including phenoxy) is 2. The quantitative estimate of drug-likeness (QED) is 0.220. The van der Waals surface area contributed by atoms with E-state index in [4.69, 9.17) is 19.4 Å². The molecule has 0 amide bonds. The van der Waals surface area contributed by atoms with Gasteiger partial charge in [-0.25, -0.2) is 9.97 Å². The second-order valence-electron chi connectivity index (χ2n) is 9.07. The van der Waals surface area contributed by atoms with E-state index in [0.717, 1.165) is 52.8 Å². The van der Waals surface area contributed by atoms with E-state index >= 15 is 0 Å². The fourth-order valence-electron chi connectivity index (χ4n) is 4.69. The Morgan fingerprint density at radius 1 is 1.00 bits per heavy atom. The van der Waals surface area contributed by atoms with E-state index in [1.165, 1.54) is 34.2 Å². The first-order valence-corrected chi connectivity index (χ1v) is 14.2. The fourth-order valence-corrected chi connectivity index (χ4v) is 6.97. The molecule has 0 saturated heterocycles. The van der Waals surface area contributed by atoms with E-state index in [1.54, 1.807) is 11.8 Å². The van der Waals surface area contributed by atoms with Gasteiger partial charge in [0.2, 0.25) is 6.79 Å². The van der Waals surface area contributed by atoms with Gasteiger partial charge in [0.1, 0.15) is 15.7 Å². The highest BCUT2D eigenvalue weighted by atomic mass is 32.2. The van der Waals surface area contributed by atoms with Crippen LogP contribution in [0, 0.1) is 0 Å². The monoisotopic (exact) mass is 517 g/mol. The summed E-state index contributed by atoms with van der Waals surface area (Å²) in [6, 6.07) is 16.1. The van der Waals surface area contributed by atoms with Crippen molar-refractivity contribution in [1.29, 1.82) is 0 Å². The third-order valence-corrected chi connectivity index (χ3v) is 8.76. The van der Waals surface area contributed by atoms with Gasteiger partial charge in [-0.05, 0) is 55.4 Å². The Labute approximate surface area is 218 Å². The van der Waals surface area contributed by atoms with Gasteiger partial charge in [0.15, 0.2) is 17.3 Å². The van der Waals surface area contributed by atoms with Crippen LogP contribution in [0.5, 0.6) is 11.5 Å². The van der Waals surface area contributed by atoms with Crippen molar-refractivity contribution in [3.05, 3.63) is 70.4 Å². The number of carbonyl (C=O) groups excluding carboxylic acids is 1. The lowest BCUT2D eigenvalue weighted by atomic mass is 9.97. The summed E-state index contributed by atoms with van der Waals surface area (Å²) in [6.07, 6.45) is 6.33. The SMILES string of the molecule is O=C(CNc1ccc2c(c1)OCO2)CSc1nc(CCc2ccccc2)nc2sc3c(c12)CCCC3. The number of thiophene rings is 1. The highest BCUT2D eigenvalue weighted by Gasteiger charge is 2.22. The molecule has 6 rings (SSSR count). The molecule has 3 heterocycles. The van der Waals surface area contributed by atoms with Gasteiger partial charge in [-0.3, -0.25) is 4.79 Å². The zero-order valence-corrected chi connectivity index (χ0v) is 21.6. The van der Waals surface area contributed by atoms with Crippen molar-refractivity contribution in [2.24, 2.45) is 0 Å². The average molecular weight is 518 g/mol. The Hall–Kier alpha value is -3.10. The average Bonchev–Trinajstić information content (AvgIpc) is 3.54. The van der Waals surface area contributed by atoms with Crippen LogP contribution < -0.4 is 14.8 Å². The Morgan fingerprint density at radius 2 is 1.86 bits per heavy atom. The van der Waals surface area contributed by atoms with Crippen LogP contribution in [0.25, 0.3) is 10.2 Å². The van der Waals surface area contributed by atoms with Crippen LogP contribution >= 0.6 is 23.1 Å². The molecular weight excluding hydrogens is 490 g/mol. The summed E-state index contributed by atoms with van der Waals surface area (Å²) >= 11 is 3.37. The standard InChI is InChI=1S/C28H27N3O3S2/c32-20(15-29-19-11-12-22-23(14-19)34-17-33-22)16-35-27-26-21-8-4-5-9-24(21)36-28(26)31-25(30-27)13-10-18-6-2-1-3-7-18/h1-3,6-7,11-12,14,29H,4-5,8-10,13,15-17H2. The summed E-state index contributed by atoms with van der Waals surface area (Å²) in [6.45, 7) is 0.491. The molecule has 0 radical (unpaired) electrons. The second kappa shape index (κ2) is 10.5. The maximum absolute atomic E-state index is 12.8. The van der Waals surface area contributed by atoms with E-state index in [2.05, 4.69) is 29.6 Å². The normalized spacial score (nSPS) is 14.1. The molecule has 2 aromatic carbocycles. The molecule has 8 heteroatoms. The van der Waals surface area contributed by atoms with E-state index in [9.17, 15) is 4.79 Å². The van der Waals surface area contributed by atoms with Crippen LogP contribution in [0.4, 0.5) is 5.69 Å². The maximum atomic E-state index is 12.8. The summed E-state index contributed by atoms with van der Waals surface area (Å²) in [7, 11) is 0. The van der Waals surface area contributed by atoms with Crippen LogP contribution in [-0.2, 0) is 30.5 Å². The minimum Gasteiger partial charge on any atom is -0.454 e. The highest BCUT2D eigenvalue weighted by Crippen LogP contribution is 2.40. The molecule has 0 unspecified atom stereocenters. The number of anilines is 1. The van der Waals surface area contributed by atoms with Crippen molar-refractivity contribution >= 4 is 44.8 Å². The number of hydrogen-bond acceptors (Lipinski definition) is 8. The molecule has 0 fully saturated rings. The van der Waals surface area contributed by atoms with Crippen LogP contribution in [0.2, 0.25) is 0 Å². The Bertz CT molecular complexity index is 1400. The number of nitrogens with one attached hydrogen (secondary N) is 1. The topological polar surface area (TPSA) is 73.3 Å². The molecule has 4 aromatic rings. The number of ketones is 1. The minimum atomic E-state index is 0.124. The fraction of sp³-hybridized carbons (Fsp3) is 0.321. The molecule has 0 saturated carbocycles. The van der Waals surface area contributed by atoms with E-state index < -0.39 is 0 Å². The first-order chi connectivity index (χ1) is 17.7. The van der Waals surface area contributed by atoms with Crippen molar-refractivity contribution in [3.63, 3.8) is 0 Å². The number of benzene rings is 2. The number of fused-ring (bicyclic) bond motifs is 4. The van der Waals surface area contributed by atoms with Gasteiger partial charge in [-0.15, -0.1) is 11.3 Å². The smallest absolute Gasteiger partial charge is 0.231 e. The maximum Gasteiger partial charge on any atom is 0.231 e. The van der Waals surface area contributed by atoms with Crippen molar-refractivity contribution < 1.29 is 14.3 Å². The lowest BCUT2D eigenvalue weighted by molar-refractivity contribution is -0.115. The first kappa shape index (κ1) is 23.3. The highest BCUT2D eigenvalue weighted by molar-refractivity contribution is 8.00. The summed E-state index contributed by atoms with van der Waals surface area (Å²) in [5.41, 5.74) is 3.53. The number of aryl methyl sites for hydroxylation is 4. The van der Waals surface area contributed by atoms with Crippen molar-refractivity contribution in [2.45, 2.75) is 43.6 Å². The van der Waals surface area contributed by atoms with E-state index in [1.807, 2.05) is 35.6 Å². The summed E-state index contributed by atoms with van der Waals surface area (Å²) < 4.78 is 10.8. The van der Waals surface area contributed by atoms with Crippen molar-refractivity contribution in [3.8, 4) is 11.5 Å². The van der Waals surface area contributed by atoms with Gasteiger partial charge in [-0.1, -0.05) is 42.1 Å². The molecule has 36 heavy (non-hydrogen) atoms. The number of rotatable bonds is 9. The molecule has 1 N–H and O–H groups in total. The van der Waals surface area contributed by atoms with Crippen LogP contribution in [0.15, 0.2) is 53.6 Å². The molecule has 1 aliphatic carbocycles. The molecule has 2 aliphatic rings. The van der Waals surface area contributed by atoms with Crippen molar-refractivity contribution in [2.75, 3.05) is 24.4 Å². The number of Topliss-reactive ketones (excluding diaryl/α,β-unsaturated/α-hetero) is 1. The Morgan fingerprint density at radius 3 is 2.78 bits per heavy atom. The predicted octanol–water partition coefficient (Wildman–Crippen LogP) is 5.86. The summed E-state index contributed by atoms with van der Waals surface area (Å²) in [5.74, 6) is 2.79.